The maximum absolute atomic E-state index is 12.9. The molecule has 0 radical (unpaired) electrons. The van der Waals surface area contributed by atoms with Gasteiger partial charge in [0.2, 0.25) is 5.91 Å². The number of nitrogens with one attached hydrogen (secondary N) is 1. The highest BCUT2D eigenvalue weighted by Gasteiger charge is 2.37. The molecular formula is C19H19ClF3N3O. The second-order valence-corrected chi connectivity index (χ2v) is 6.86. The van der Waals surface area contributed by atoms with E-state index in [2.05, 4.69) is 10.4 Å². The van der Waals surface area contributed by atoms with Crippen LogP contribution in [0.15, 0.2) is 36.4 Å². The molecule has 3 rings (SSSR count). The van der Waals surface area contributed by atoms with E-state index in [1.54, 1.807) is 24.3 Å². The van der Waals surface area contributed by atoms with E-state index >= 15 is 0 Å². The highest BCUT2D eigenvalue weighted by atomic mass is 35.5. The monoisotopic (exact) mass is 397 g/mol. The average Bonchev–Trinajstić information content (AvgIpc) is 3.36. The van der Waals surface area contributed by atoms with Crippen LogP contribution in [0.2, 0.25) is 5.02 Å². The summed E-state index contributed by atoms with van der Waals surface area (Å²) in [6.45, 7) is 0.674. The molecule has 4 nitrogen and oxygen atoms in total. The number of nitrogens with zero attached hydrogens (tertiary/aromatic N) is 2. The molecule has 0 aliphatic heterocycles. The molecule has 0 spiro atoms. The van der Waals surface area contributed by atoms with Gasteiger partial charge in [-0.3, -0.25) is 9.48 Å². The third-order valence-electron chi connectivity index (χ3n) is 4.26. The Kier molecular flexibility index (Phi) is 5.89. The van der Waals surface area contributed by atoms with E-state index in [9.17, 15) is 18.0 Å². The van der Waals surface area contributed by atoms with Crippen LogP contribution in [0.4, 0.5) is 13.2 Å². The first-order chi connectivity index (χ1) is 12.8. The largest absolute Gasteiger partial charge is 0.435 e. The van der Waals surface area contributed by atoms with E-state index in [4.69, 9.17) is 11.6 Å². The number of benzene rings is 1. The van der Waals surface area contributed by atoms with Gasteiger partial charge in [-0.1, -0.05) is 29.8 Å². The van der Waals surface area contributed by atoms with Crippen molar-refractivity contribution in [3.63, 3.8) is 0 Å². The molecular weight excluding hydrogens is 379 g/mol. The van der Waals surface area contributed by atoms with Gasteiger partial charge in [-0.05, 0) is 43.0 Å². The van der Waals surface area contributed by atoms with Gasteiger partial charge in [-0.15, -0.1) is 0 Å². The molecule has 1 aromatic heterocycles. The molecule has 1 fully saturated rings. The third kappa shape index (κ3) is 5.35. The molecule has 1 N–H and O–H groups in total. The number of aryl methyl sites for hydroxylation is 1. The summed E-state index contributed by atoms with van der Waals surface area (Å²) in [5.41, 5.74) is 0.517. The van der Waals surface area contributed by atoms with E-state index < -0.39 is 11.9 Å². The van der Waals surface area contributed by atoms with Crippen molar-refractivity contribution in [3.05, 3.63) is 58.4 Å². The summed E-state index contributed by atoms with van der Waals surface area (Å²) in [4.78, 5) is 11.8. The minimum atomic E-state index is -4.44. The Morgan fingerprint density at radius 1 is 1.33 bits per heavy atom. The fourth-order valence-corrected chi connectivity index (χ4v) is 2.93. The Labute approximate surface area is 160 Å². The highest BCUT2D eigenvalue weighted by molar-refractivity contribution is 6.32. The van der Waals surface area contributed by atoms with Gasteiger partial charge >= 0.3 is 6.18 Å². The van der Waals surface area contributed by atoms with E-state index in [-0.39, 0.29) is 11.8 Å². The van der Waals surface area contributed by atoms with Gasteiger partial charge in [0.15, 0.2) is 5.69 Å². The number of hydrogen-bond donors (Lipinski definition) is 1. The molecule has 1 amide bonds. The quantitative estimate of drug-likeness (QED) is 0.546. The normalized spacial score (nSPS) is 14.7. The topological polar surface area (TPSA) is 46.9 Å². The summed E-state index contributed by atoms with van der Waals surface area (Å²) in [7, 11) is 0. The summed E-state index contributed by atoms with van der Waals surface area (Å²) < 4.78 is 40.0. The van der Waals surface area contributed by atoms with Crippen molar-refractivity contribution in [1.82, 2.24) is 15.1 Å². The minimum absolute atomic E-state index is 0.168. The molecule has 0 saturated heterocycles. The maximum Gasteiger partial charge on any atom is 0.435 e. The standard InChI is InChI=1S/C19H19ClF3N3O/c20-15-5-2-1-4-13(15)8-9-18(27)24-10-3-11-26-16(14-6-7-14)12-17(25-26)19(21,22)23/h1-2,4-5,8-9,12,14H,3,6-7,10-11H2,(H,24,27)/b9-8+. The van der Waals surface area contributed by atoms with Crippen molar-refractivity contribution < 1.29 is 18.0 Å². The third-order valence-corrected chi connectivity index (χ3v) is 4.61. The summed E-state index contributed by atoms with van der Waals surface area (Å²) >= 11 is 6.01. The second kappa shape index (κ2) is 8.17. The molecule has 0 atom stereocenters. The van der Waals surface area contributed by atoms with Gasteiger partial charge in [0.25, 0.3) is 0 Å². The number of hydrogen-bond acceptors (Lipinski definition) is 2. The molecule has 1 aliphatic carbocycles. The number of amides is 1. The lowest BCUT2D eigenvalue weighted by molar-refractivity contribution is -0.141. The van der Waals surface area contributed by atoms with Crippen LogP contribution in [0.25, 0.3) is 6.08 Å². The Morgan fingerprint density at radius 2 is 2.07 bits per heavy atom. The Hall–Kier alpha value is -2.28. The molecule has 2 aromatic rings. The first-order valence-electron chi connectivity index (χ1n) is 8.70. The van der Waals surface area contributed by atoms with Crippen LogP contribution < -0.4 is 5.32 Å². The highest BCUT2D eigenvalue weighted by Crippen LogP contribution is 2.42. The number of aromatic nitrogens is 2. The summed E-state index contributed by atoms with van der Waals surface area (Å²) in [6.07, 6.45) is 0.842. The number of carbonyl (C=O) groups is 1. The number of carbonyl (C=O) groups excluding carboxylic acids is 1. The van der Waals surface area contributed by atoms with Gasteiger partial charge in [0.05, 0.1) is 0 Å². The molecule has 27 heavy (non-hydrogen) atoms. The van der Waals surface area contributed by atoms with Crippen LogP contribution in [-0.2, 0) is 17.5 Å². The molecule has 1 heterocycles. The number of alkyl halides is 3. The van der Waals surface area contributed by atoms with Crippen LogP contribution >= 0.6 is 11.6 Å². The van der Waals surface area contributed by atoms with Crippen molar-refractivity contribution in [2.75, 3.05) is 6.54 Å². The first-order valence-corrected chi connectivity index (χ1v) is 9.08. The Bertz CT molecular complexity index is 841. The fourth-order valence-electron chi connectivity index (χ4n) is 2.73. The Balaban J connectivity index is 1.49. The van der Waals surface area contributed by atoms with Crippen molar-refractivity contribution in [3.8, 4) is 0 Å². The first kappa shape index (κ1) is 19.5. The van der Waals surface area contributed by atoms with Gasteiger partial charge in [-0.2, -0.15) is 18.3 Å². The van der Waals surface area contributed by atoms with Crippen molar-refractivity contribution in [2.45, 2.75) is 37.9 Å². The molecule has 1 aliphatic rings. The van der Waals surface area contributed by atoms with E-state index in [1.165, 1.54) is 10.8 Å². The van der Waals surface area contributed by atoms with E-state index in [1.807, 2.05) is 6.07 Å². The summed E-state index contributed by atoms with van der Waals surface area (Å²) in [6, 6.07) is 8.29. The molecule has 8 heteroatoms. The van der Waals surface area contributed by atoms with Crippen molar-refractivity contribution in [2.24, 2.45) is 0 Å². The zero-order chi connectivity index (χ0) is 19.4. The lowest BCUT2D eigenvalue weighted by atomic mass is 10.2. The van der Waals surface area contributed by atoms with Gasteiger partial charge in [-0.25, -0.2) is 0 Å². The SMILES string of the molecule is O=C(/C=C/c1ccccc1Cl)NCCCn1nc(C(F)(F)F)cc1C1CC1. The summed E-state index contributed by atoms with van der Waals surface area (Å²) in [5.74, 6) is -0.115. The number of rotatable bonds is 7. The Morgan fingerprint density at radius 3 is 2.74 bits per heavy atom. The van der Waals surface area contributed by atoms with Crippen LogP contribution in [0.5, 0.6) is 0 Å². The lowest BCUT2D eigenvalue weighted by Gasteiger charge is -2.07. The maximum atomic E-state index is 12.9. The van der Waals surface area contributed by atoms with Crippen LogP contribution in [0.1, 0.15) is 42.1 Å². The van der Waals surface area contributed by atoms with Gasteiger partial charge in [0, 0.05) is 35.8 Å². The zero-order valence-electron chi connectivity index (χ0n) is 14.5. The van der Waals surface area contributed by atoms with Crippen LogP contribution in [0, 0.1) is 0 Å². The van der Waals surface area contributed by atoms with Crippen molar-refractivity contribution in [1.29, 1.82) is 0 Å². The molecule has 144 valence electrons. The predicted molar refractivity (Wildman–Crippen MR) is 97.3 cm³/mol. The van der Waals surface area contributed by atoms with Gasteiger partial charge in [0.1, 0.15) is 0 Å². The molecule has 0 unspecified atom stereocenters. The second-order valence-electron chi connectivity index (χ2n) is 6.45. The fraction of sp³-hybridized carbons (Fsp3) is 0.368. The molecule has 0 bridgehead atoms. The van der Waals surface area contributed by atoms with Crippen LogP contribution in [-0.4, -0.2) is 22.2 Å². The molecule has 1 aromatic carbocycles. The zero-order valence-corrected chi connectivity index (χ0v) is 15.2. The smallest absolute Gasteiger partial charge is 0.352 e. The van der Waals surface area contributed by atoms with Gasteiger partial charge < -0.3 is 5.32 Å². The average molecular weight is 398 g/mol. The van der Waals surface area contributed by atoms with Crippen molar-refractivity contribution >= 4 is 23.6 Å². The predicted octanol–water partition coefficient (Wildman–Crippen LogP) is 4.65. The number of halogens is 4. The van der Waals surface area contributed by atoms with Crippen LogP contribution in [0.3, 0.4) is 0 Å². The minimum Gasteiger partial charge on any atom is -0.352 e. The lowest BCUT2D eigenvalue weighted by Crippen LogP contribution is -2.23. The van der Waals surface area contributed by atoms with E-state index in [0.29, 0.717) is 30.2 Å². The summed E-state index contributed by atoms with van der Waals surface area (Å²) in [5, 5.41) is 6.96. The molecule has 1 saturated carbocycles. The van der Waals surface area contributed by atoms with E-state index in [0.717, 1.165) is 24.5 Å².